The lowest BCUT2D eigenvalue weighted by molar-refractivity contribution is -0.384. The fraction of sp³-hybridized carbons (Fsp3) is 0.105. The van der Waals surface area contributed by atoms with E-state index in [0.717, 1.165) is 28.8 Å². The first-order valence-corrected chi connectivity index (χ1v) is 9.87. The summed E-state index contributed by atoms with van der Waals surface area (Å²) in [5.74, 6) is -3.65. The number of hydrogen-bond acceptors (Lipinski definition) is 6. The second kappa shape index (κ2) is 8.31. The summed E-state index contributed by atoms with van der Waals surface area (Å²) in [5, 5.41) is 14.1. The highest BCUT2D eigenvalue weighted by Crippen LogP contribution is 2.30. The number of pyridine rings is 1. The third-order valence-electron chi connectivity index (χ3n) is 4.16. The molecule has 0 saturated carbocycles. The van der Waals surface area contributed by atoms with Crippen molar-refractivity contribution in [2.24, 2.45) is 0 Å². The summed E-state index contributed by atoms with van der Waals surface area (Å²) in [6.45, 7) is 0.217. The summed E-state index contributed by atoms with van der Waals surface area (Å²) in [7, 11) is -4.92. The maximum atomic E-state index is 12.7. The number of rotatable bonds is 7. The quantitative estimate of drug-likeness (QED) is 0.453. The van der Waals surface area contributed by atoms with Crippen LogP contribution in [0.1, 0.15) is 5.56 Å². The van der Waals surface area contributed by atoms with Gasteiger partial charge in [0.2, 0.25) is 9.84 Å². The second-order valence-corrected chi connectivity index (χ2v) is 7.95. The third kappa shape index (κ3) is 4.54. The van der Waals surface area contributed by atoms with Crippen molar-refractivity contribution in [3.05, 3.63) is 82.7 Å². The van der Waals surface area contributed by atoms with Gasteiger partial charge in [-0.05, 0) is 34.9 Å². The number of nitrogens with one attached hydrogen (secondary N) is 1. The summed E-state index contributed by atoms with van der Waals surface area (Å²) in [6, 6.07) is 13.8. The fourth-order valence-corrected chi connectivity index (χ4v) is 3.38. The lowest BCUT2D eigenvalue weighted by atomic mass is 10.1. The first-order valence-electron chi connectivity index (χ1n) is 8.33. The van der Waals surface area contributed by atoms with Gasteiger partial charge in [-0.1, -0.05) is 30.3 Å². The van der Waals surface area contributed by atoms with E-state index in [1.807, 2.05) is 36.4 Å². The molecule has 0 bridgehead atoms. The van der Waals surface area contributed by atoms with Crippen molar-refractivity contribution >= 4 is 21.2 Å². The summed E-state index contributed by atoms with van der Waals surface area (Å²) in [6.07, 6.45) is 3.40. The van der Waals surface area contributed by atoms with E-state index in [2.05, 4.69) is 10.3 Å². The van der Waals surface area contributed by atoms with Gasteiger partial charge in [-0.15, -0.1) is 0 Å². The maximum Gasteiger partial charge on any atom is 0.341 e. The van der Waals surface area contributed by atoms with E-state index in [1.54, 1.807) is 12.4 Å². The minimum Gasteiger partial charge on any atom is -0.375 e. The molecular weight excluding hydrogens is 404 g/mol. The fourth-order valence-electron chi connectivity index (χ4n) is 2.64. The Morgan fingerprint density at radius 2 is 1.79 bits per heavy atom. The number of aromatic nitrogens is 1. The molecule has 3 aromatic rings. The smallest absolute Gasteiger partial charge is 0.341 e. The van der Waals surface area contributed by atoms with Crippen LogP contribution in [0.2, 0.25) is 0 Å². The molecule has 0 saturated heterocycles. The molecule has 10 heteroatoms. The van der Waals surface area contributed by atoms with Crippen LogP contribution in [0, 0.1) is 10.1 Å². The van der Waals surface area contributed by atoms with Crippen LogP contribution in [0.5, 0.6) is 0 Å². The molecule has 1 heterocycles. The first-order chi connectivity index (χ1) is 13.8. The number of anilines is 1. The maximum absolute atomic E-state index is 12.7. The molecule has 3 rings (SSSR count). The minimum atomic E-state index is -4.92. The van der Waals surface area contributed by atoms with Crippen LogP contribution in [0.25, 0.3) is 11.1 Å². The average molecular weight is 419 g/mol. The molecule has 0 aliphatic carbocycles. The van der Waals surface area contributed by atoms with Crippen molar-refractivity contribution in [2.75, 3.05) is 5.32 Å². The highest BCUT2D eigenvalue weighted by molar-refractivity contribution is 7.91. The van der Waals surface area contributed by atoms with Crippen molar-refractivity contribution < 1.29 is 22.1 Å². The molecule has 0 aliphatic heterocycles. The van der Waals surface area contributed by atoms with E-state index in [9.17, 15) is 27.3 Å². The van der Waals surface area contributed by atoms with E-state index in [4.69, 9.17) is 0 Å². The zero-order valence-corrected chi connectivity index (χ0v) is 15.6. The predicted octanol–water partition coefficient (Wildman–Crippen LogP) is 4.27. The predicted molar refractivity (Wildman–Crippen MR) is 103 cm³/mol. The van der Waals surface area contributed by atoms with Gasteiger partial charge in [-0.2, -0.15) is 8.78 Å². The van der Waals surface area contributed by atoms with E-state index >= 15 is 0 Å². The molecule has 0 spiro atoms. The van der Waals surface area contributed by atoms with Gasteiger partial charge in [0.25, 0.3) is 5.69 Å². The van der Waals surface area contributed by atoms with Gasteiger partial charge in [-0.3, -0.25) is 15.1 Å². The van der Waals surface area contributed by atoms with Crippen LogP contribution >= 0.6 is 0 Å². The summed E-state index contributed by atoms with van der Waals surface area (Å²) >= 11 is 0. The Labute approximate surface area is 165 Å². The van der Waals surface area contributed by atoms with Gasteiger partial charge in [0, 0.05) is 25.0 Å². The Morgan fingerprint density at radius 3 is 2.38 bits per heavy atom. The molecule has 1 N–H and O–H groups in total. The average Bonchev–Trinajstić information content (AvgIpc) is 2.73. The molecule has 7 nitrogen and oxygen atoms in total. The van der Waals surface area contributed by atoms with E-state index in [-0.39, 0.29) is 12.2 Å². The molecule has 0 amide bonds. The standard InChI is InChI=1S/C19H15F2N3O4S/c20-19(21)29(27,28)16-7-8-17(18(10-16)24(25)26)23-11-13-3-5-14(6-4-13)15-2-1-9-22-12-15/h1-10,12,19,23H,11H2. The minimum absolute atomic E-state index is 0.0274. The lowest BCUT2D eigenvalue weighted by Crippen LogP contribution is -2.12. The number of nitro benzene ring substituents is 1. The molecule has 29 heavy (non-hydrogen) atoms. The van der Waals surface area contributed by atoms with Crippen molar-refractivity contribution in [3.8, 4) is 11.1 Å². The zero-order chi connectivity index (χ0) is 21.0. The van der Waals surface area contributed by atoms with Crippen LogP contribution in [-0.2, 0) is 16.4 Å². The van der Waals surface area contributed by atoms with Gasteiger partial charge >= 0.3 is 5.76 Å². The van der Waals surface area contributed by atoms with E-state index in [1.165, 1.54) is 0 Å². The van der Waals surface area contributed by atoms with Crippen LogP contribution in [-0.4, -0.2) is 24.1 Å². The van der Waals surface area contributed by atoms with Crippen molar-refractivity contribution in [3.63, 3.8) is 0 Å². The first kappa shape index (κ1) is 20.3. The Kier molecular flexibility index (Phi) is 5.83. The number of nitro groups is 1. The number of nitrogens with zero attached hydrogens (tertiary/aromatic N) is 2. The van der Waals surface area contributed by atoms with Crippen LogP contribution < -0.4 is 5.32 Å². The summed E-state index contributed by atoms with van der Waals surface area (Å²) in [5.41, 5.74) is 2.14. The Balaban J connectivity index is 1.79. The molecule has 0 fully saturated rings. The molecule has 150 valence electrons. The van der Waals surface area contributed by atoms with E-state index < -0.39 is 31.1 Å². The van der Waals surface area contributed by atoms with Gasteiger partial charge in [0.15, 0.2) is 0 Å². The van der Waals surface area contributed by atoms with Gasteiger partial charge in [-0.25, -0.2) is 8.42 Å². The molecule has 0 unspecified atom stereocenters. The number of hydrogen-bond donors (Lipinski definition) is 1. The van der Waals surface area contributed by atoms with Crippen molar-refractivity contribution in [1.29, 1.82) is 0 Å². The number of halogens is 2. The lowest BCUT2D eigenvalue weighted by Gasteiger charge is -2.10. The largest absolute Gasteiger partial charge is 0.375 e. The molecule has 2 aromatic carbocycles. The molecular formula is C19H15F2N3O4S. The third-order valence-corrected chi connectivity index (χ3v) is 5.54. The Hall–Kier alpha value is -3.40. The summed E-state index contributed by atoms with van der Waals surface area (Å²) < 4.78 is 48.5. The Morgan fingerprint density at radius 1 is 1.07 bits per heavy atom. The molecule has 0 radical (unpaired) electrons. The van der Waals surface area contributed by atoms with Crippen LogP contribution in [0.4, 0.5) is 20.2 Å². The van der Waals surface area contributed by atoms with Gasteiger partial charge < -0.3 is 5.32 Å². The van der Waals surface area contributed by atoms with Gasteiger partial charge in [0.05, 0.1) is 9.82 Å². The second-order valence-electron chi connectivity index (χ2n) is 6.03. The topological polar surface area (TPSA) is 102 Å². The van der Waals surface area contributed by atoms with Crippen molar-refractivity contribution in [1.82, 2.24) is 4.98 Å². The van der Waals surface area contributed by atoms with Crippen LogP contribution in [0.3, 0.4) is 0 Å². The number of sulfone groups is 1. The number of alkyl halides is 2. The van der Waals surface area contributed by atoms with Gasteiger partial charge in [0.1, 0.15) is 5.69 Å². The molecule has 0 aliphatic rings. The normalized spacial score (nSPS) is 11.4. The summed E-state index contributed by atoms with van der Waals surface area (Å²) in [4.78, 5) is 13.7. The Bertz CT molecular complexity index is 1120. The van der Waals surface area contributed by atoms with Crippen LogP contribution in [0.15, 0.2) is 71.9 Å². The van der Waals surface area contributed by atoms with Crippen molar-refractivity contribution in [2.45, 2.75) is 17.2 Å². The molecule has 0 atom stereocenters. The highest BCUT2D eigenvalue weighted by atomic mass is 32.2. The SMILES string of the molecule is O=[N+]([O-])c1cc(S(=O)(=O)C(F)F)ccc1NCc1ccc(-c2cccnc2)cc1. The van der Waals surface area contributed by atoms with E-state index in [0.29, 0.717) is 6.07 Å². The highest BCUT2D eigenvalue weighted by Gasteiger charge is 2.29. The molecule has 1 aromatic heterocycles. The monoisotopic (exact) mass is 419 g/mol. The zero-order valence-electron chi connectivity index (χ0n) is 14.8. The number of benzene rings is 2.